The summed E-state index contributed by atoms with van der Waals surface area (Å²) in [6, 6.07) is 3.17. The molecule has 0 bridgehead atoms. The van der Waals surface area contributed by atoms with E-state index in [1.165, 1.54) is 0 Å². The number of nitrogens with one attached hydrogen (secondary N) is 1. The molecule has 2 aromatic heterocycles. The van der Waals surface area contributed by atoms with Crippen LogP contribution in [0.15, 0.2) is 16.9 Å². The summed E-state index contributed by atoms with van der Waals surface area (Å²) in [6.45, 7) is 3.89. The number of aromatic amines is 1. The van der Waals surface area contributed by atoms with Crippen LogP contribution >= 0.6 is 0 Å². The number of nitrogens with zero attached hydrogens (tertiary/aromatic N) is 3. The summed E-state index contributed by atoms with van der Waals surface area (Å²) >= 11 is 0. The van der Waals surface area contributed by atoms with Gasteiger partial charge in [0, 0.05) is 0 Å². The first-order valence-electron chi connectivity index (χ1n) is 5.66. The lowest BCUT2D eigenvalue weighted by Gasteiger charge is -2.13. The van der Waals surface area contributed by atoms with Crippen molar-refractivity contribution in [2.24, 2.45) is 5.92 Å². The van der Waals surface area contributed by atoms with Crippen LogP contribution < -0.4 is 5.69 Å². The highest BCUT2D eigenvalue weighted by atomic mass is 16.4. The van der Waals surface area contributed by atoms with Gasteiger partial charge in [-0.2, -0.15) is 14.7 Å². The van der Waals surface area contributed by atoms with Crippen LogP contribution in [0, 0.1) is 5.92 Å². The molecule has 7 heteroatoms. The van der Waals surface area contributed by atoms with Crippen molar-refractivity contribution in [1.29, 1.82) is 0 Å². The highest BCUT2D eigenvalue weighted by molar-refractivity contribution is 5.75. The molecule has 0 saturated heterocycles. The number of aromatic nitrogens is 4. The Kier molecular flexibility index (Phi) is 3.14. The van der Waals surface area contributed by atoms with Crippen LogP contribution in [-0.2, 0) is 4.79 Å². The summed E-state index contributed by atoms with van der Waals surface area (Å²) in [5.41, 5.74) is 0.269. The van der Waals surface area contributed by atoms with Crippen molar-refractivity contribution in [3.8, 4) is 0 Å². The SMILES string of the molecule is CC(C)CC(C(=O)O)c1ccc2n[nH]c(=O)n2n1. The molecule has 0 fully saturated rings. The summed E-state index contributed by atoms with van der Waals surface area (Å²) in [6.07, 6.45) is 0.473. The van der Waals surface area contributed by atoms with Crippen LogP contribution in [0.5, 0.6) is 0 Å². The van der Waals surface area contributed by atoms with Crippen LogP contribution in [0.4, 0.5) is 0 Å². The third-order valence-corrected chi connectivity index (χ3v) is 2.66. The third-order valence-electron chi connectivity index (χ3n) is 2.66. The average Bonchev–Trinajstić information content (AvgIpc) is 2.67. The van der Waals surface area contributed by atoms with E-state index in [9.17, 15) is 14.7 Å². The van der Waals surface area contributed by atoms with E-state index in [2.05, 4.69) is 15.3 Å². The molecule has 18 heavy (non-hydrogen) atoms. The summed E-state index contributed by atoms with van der Waals surface area (Å²) in [5, 5.41) is 19.3. The fourth-order valence-corrected chi connectivity index (χ4v) is 1.82. The first-order valence-corrected chi connectivity index (χ1v) is 5.66. The molecule has 0 spiro atoms. The Hall–Kier alpha value is -2.18. The molecule has 96 valence electrons. The van der Waals surface area contributed by atoms with Gasteiger partial charge in [-0.25, -0.2) is 9.89 Å². The Morgan fingerprint density at radius 3 is 2.83 bits per heavy atom. The zero-order chi connectivity index (χ0) is 13.3. The van der Waals surface area contributed by atoms with Gasteiger partial charge in [-0.3, -0.25) is 4.79 Å². The monoisotopic (exact) mass is 250 g/mol. The number of carbonyl (C=O) groups is 1. The second-order valence-corrected chi connectivity index (χ2v) is 4.58. The molecule has 0 saturated carbocycles. The predicted molar refractivity (Wildman–Crippen MR) is 63.4 cm³/mol. The van der Waals surface area contributed by atoms with Gasteiger partial charge < -0.3 is 5.11 Å². The molecule has 2 N–H and O–H groups in total. The van der Waals surface area contributed by atoms with Crippen molar-refractivity contribution in [2.45, 2.75) is 26.2 Å². The first kappa shape index (κ1) is 12.3. The van der Waals surface area contributed by atoms with Crippen LogP contribution in [0.3, 0.4) is 0 Å². The maximum Gasteiger partial charge on any atom is 0.364 e. The maximum atomic E-state index is 11.4. The Morgan fingerprint density at radius 1 is 1.50 bits per heavy atom. The summed E-state index contributed by atoms with van der Waals surface area (Å²) in [7, 11) is 0. The predicted octanol–water partition coefficient (Wildman–Crippen LogP) is 0.632. The topological polar surface area (TPSA) is 100 Å². The molecule has 0 aliphatic carbocycles. The van der Waals surface area contributed by atoms with Gasteiger partial charge in [0.2, 0.25) is 0 Å². The van der Waals surface area contributed by atoms with Crippen molar-refractivity contribution < 1.29 is 9.90 Å². The van der Waals surface area contributed by atoms with Crippen LogP contribution in [0.25, 0.3) is 5.65 Å². The molecular formula is C11H14N4O3. The molecule has 0 aliphatic heterocycles. The summed E-state index contributed by atoms with van der Waals surface area (Å²) < 4.78 is 1.08. The second-order valence-electron chi connectivity index (χ2n) is 4.58. The Bertz CT molecular complexity index is 628. The second kappa shape index (κ2) is 4.59. The highest BCUT2D eigenvalue weighted by Crippen LogP contribution is 2.22. The smallest absolute Gasteiger partial charge is 0.364 e. The highest BCUT2D eigenvalue weighted by Gasteiger charge is 2.23. The zero-order valence-corrected chi connectivity index (χ0v) is 10.1. The molecule has 0 radical (unpaired) electrons. The fourth-order valence-electron chi connectivity index (χ4n) is 1.82. The molecule has 2 rings (SSSR count). The largest absolute Gasteiger partial charge is 0.481 e. The zero-order valence-electron chi connectivity index (χ0n) is 10.1. The molecule has 7 nitrogen and oxygen atoms in total. The maximum absolute atomic E-state index is 11.4. The van der Waals surface area contributed by atoms with Gasteiger partial charge in [0.15, 0.2) is 5.65 Å². The summed E-state index contributed by atoms with van der Waals surface area (Å²) in [5.74, 6) is -1.42. The van der Waals surface area contributed by atoms with Crippen molar-refractivity contribution in [1.82, 2.24) is 19.8 Å². The molecule has 0 aromatic carbocycles. The number of fused-ring (bicyclic) bond motifs is 1. The van der Waals surface area contributed by atoms with E-state index in [0.29, 0.717) is 17.8 Å². The molecule has 0 aliphatic rings. The Morgan fingerprint density at radius 2 is 2.22 bits per heavy atom. The van der Waals surface area contributed by atoms with Crippen molar-refractivity contribution in [2.75, 3.05) is 0 Å². The van der Waals surface area contributed by atoms with Crippen molar-refractivity contribution >= 4 is 11.6 Å². The number of H-pyrrole nitrogens is 1. The lowest BCUT2D eigenvalue weighted by molar-refractivity contribution is -0.139. The van der Waals surface area contributed by atoms with E-state index in [0.717, 1.165) is 4.52 Å². The minimum absolute atomic E-state index is 0.227. The van der Waals surface area contributed by atoms with E-state index >= 15 is 0 Å². The van der Waals surface area contributed by atoms with E-state index in [1.54, 1.807) is 12.1 Å². The van der Waals surface area contributed by atoms with E-state index < -0.39 is 17.6 Å². The molecule has 2 heterocycles. The lowest BCUT2D eigenvalue weighted by atomic mass is 9.94. The van der Waals surface area contributed by atoms with E-state index in [4.69, 9.17) is 0 Å². The van der Waals surface area contributed by atoms with E-state index in [1.807, 2.05) is 13.8 Å². The lowest BCUT2D eigenvalue weighted by Crippen LogP contribution is -2.19. The van der Waals surface area contributed by atoms with Crippen molar-refractivity contribution in [3.05, 3.63) is 28.3 Å². The van der Waals surface area contributed by atoms with Gasteiger partial charge in [0.25, 0.3) is 0 Å². The van der Waals surface area contributed by atoms with Gasteiger partial charge in [0.1, 0.15) is 5.92 Å². The standard InChI is InChI=1S/C11H14N4O3/c1-6(2)5-7(10(16)17)8-3-4-9-12-13-11(18)15(9)14-8/h3-4,6-7H,5H2,1-2H3,(H,13,18)(H,16,17). The van der Waals surface area contributed by atoms with Gasteiger partial charge in [-0.15, -0.1) is 0 Å². The normalized spacial score (nSPS) is 13.1. The van der Waals surface area contributed by atoms with Gasteiger partial charge in [-0.05, 0) is 24.5 Å². The molecule has 0 amide bonds. The van der Waals surface area contributed by atoms with Gasteiger partial charge >= 0.3 is 11.7 Å². The Balaban J connectivity index is 2.47. The Labute approximate surface area is 102 Å². The minimum Gasteiger partial charge on any atom is -0.481 e. The number of rotatable bonds is 4. The summed E-state index contributed by atoms with van der Waals surface area (Å²) in [4.78, 5) is 22.6. The van der Waals surface area contributed by atoms with Crippen LogP contribution in [-0.4, -0.2) is 30.9 Å². The molecule has 1 atom stereocenters. The number of aliphatic carboxylic acids is 1. The molecule has 1 unspecified atom stereocenters. The van der Waals surface area contributed by atoms with Crippen molar-refractivity contribution in [3.63, 3.8) is 0 Å². The van der Waals surface area contributed by atoms with Gasteiger partial charge in [0.05, 0.1) is 5.69 Å². The minimum atomic E-state index is -0.938. The van der Waals surface area contributed by atoms with Crippen LogP contribution in [0.1, 0.15) is 31.9 Å². The van der Waals surface area contributed by atoms with Gasteiger partial charge in [-0.1, -0.05) is 13.8 Å². The third kappa shape index (κ3) is 2.24. The number of carboxylic acids is 1. The number of carboxylic acid groups (broad SMARTS) is 1. The molecular weight excluding hydrogens is 236 g/mol. The number of hydrogen-bond acceptors (Lipinski definition) is 4. The quantitative estimate of drug-likeness (QED) is 0.829. The fraction of sp³-hybridized carbons (Fsp3) is 0.455. The molecule has 2 aromatic rings. The van der Waals surface area contributed by atoms with E-state index in [-0.39, 0.29) is 5.92 Å². The van der Waals surface area contributed by atoms with Crippen LogP contribution in [0.2, 0.25) is 0 Å². The number of hydrogen-bond donors (Lipinski definition) is 2. The average molecular weight is 250 g/mol. The first-order chi connectivity index (χ1) is 8.49.